The van der Waals surface area contributed by atoms with Crippen molar-refractivity contribution in [1.29, 1.82) is 0 Å². The number of hydrogen-bond donors (Lipinski definition) is 2. The molecule has 2 N–H and O–H groups in total. The van der Waals surface area contributed by atoms with Crippen molar-refractivity contribution in [3.8, 4) is 5.75 Å². The molecule has 26 heavy (non-hydrogen) atoms. The first kappa shape index (κ1) is 16.6. The van der Waals surface area contributed by atoms with Gasteiger partial charge in [0.2, 0.25) is 11.8 Å². The standard InChI is InChI=1S/C21H22N2O3/c1-12(2)13-7-9-14(10-8-13)18-20(24)23-19(21(25)22-18)17-11-15-5-3-4-6-16(15)26-17/h3-10,12,17-19H,11H2,1-2H3,(H,22,25)(H,23,24)/t17-,18?,19-/m0/s1. The zero-order valence-corrected chi connectivity index (χ0v) is 14.9. The molecule has 3 atom stereocenters. The minimum absolute atomic E-state index is 0.202. The zero-order valence-electron chi connectivity index (χ0n) is 14.9. The minimum atomic E-state index is -0.680. The van der Waals surface area contributed by atoms with Gasteiger partial charge in [-0.15, -0.1) is 0 Å². The number of carbonyl (C=O) groups is 2. The fourth-order valence-electron chi connectivity index (χ4n) is 3.56. The van der Waals surface area contributed by atoms with Crippen molar-refractivity contribution >= 4 is 11.8 Å². The second kappa shape index (κ2) is 6.48. The summed E-state index contributed by atoms with van der Waals surface area (Å²) in [7, 11) is 0. The van der Waals surface area contributed by atoms with E-state index in [0.717, 1.165) is 16.9 Å². The Bertz CT molecular complexity index is 820. The lowest BCUT2D eigenvalue weighted by atomic mass is 9.95. The second-order valence-corrected chi connectivity index (χ2v) is 7.22. The number of piperazine rings is 1. The van der Waals surface area contributed by atoms with E-state index in [1.54, 1.807) is 0 Å². The molecule has 0 aliphatic carbocycles. The number of para-hydroxylation sites is 1. The lowest BCUT2D eigenvalue weighted by Gasteiger charge is -2.32. The van der Waals surface area contributed by atoms with E-state index in [0.29, 0.717) is 12.3 Å². The van der Waals surface area contributed by atoms with E-state index in [1.165, 1.54) is 5.56 Å². The topological polar surface area (TPSA) is 67.4 Å². The number of rotatable bonds is 3. The molecule has 2 amide bonds. The van der Waals surface area contributed by atoms with Crippen LogP contribution in [0.1, 0.15) is 42.5 Å². The summed E-state index contributed by atoms with van der Waals surface area (Å²) in [6.45, 7) is 4.24. The molecule has 4 rings (SSSR count). The van der Waals surface area contributed by atoms with E-state index in [2.05, 4.69) is 24.5 Å². The van der Waals surface area contributed by atoms with E-state index in [9.17, 15) is 9.59 Å². The van der Waals surface area contributed by atoms with E-state index in [-0.39, 0.29) is 17.9 Å². The maximum atomic E-state index is 12.6. The minimum Gasteiger partial charge on any atom is -0.487 e. The average Bonchev–Trinajstić information content (AvgIpc) is 3.07. The highest BCUT2D eigenvalue weighted by Gasteiger charge is 2.42. The van der Waals surface area contributed by atoms with Crippen LogP contribution in [0.4, 0.5) is 0 Å². The summed E-state index contributed by atoms with van der Waals surface area (Å²) in [5.41, 5.74) is 3.05. The van der Waals surface area contributed by atoms with Crippen molar-refractivity contribution in [2.75, 3.05) is 0 Å². The van der Waals surface area contributed by atoms with Crippen molar-refractivity contribution in [2.45, 2.75) is 44.4 Å². The summed E-state index contributed by atoms with van der Waals surface area (Å²) in [4.78, 5) is 25.2. The van der Waals surface area contributed by atoms with Crippen LogP contribution in [0.5, 0.6) is 5.75 Å². The smallest absolute Gasteiger partial charge is 0.247 e. The molecule has 0 aromatic heterocycles. The summed E-state index contributed by atoms with van der Waals surface area (Å²) in [5, 5.41) is 5.71. The third kappa shape index (κ3) is 2.94. The first-order chi connectivity index (χ1) is 12.5. The van der Waals surface area contributed by atoms with Crippen LogP contribution in [-0.2, 0) is 16.0 Å². The first-order valence-electron chi connectivity index (χ1n) is 8.98. The molecule has 2 aromatic carbocycles. The number of ether oxygens (including phenoxy) is 1. The lowest BCUT2D eigenvalue weighted by Crippen LogP contribution is -2.62. The van der Waals surface area contributed by atoms with Crippen LogP contribution in [0.3, 0.4) is 0 Å². The second-order valence-electron chi connectivity index (χ2n) is 7.22. The predicted octanol–water partition coefficient (Wildman–Crippen LogP) is 2.47. The number of carbonyl (C=O) groups excluding carboxylic acids is 2. The predicted molar refractivity (Wildman–Crippen MR) is 97.9 cm³/mol. The number of fused-ring (bicyclic) bond motifs is 1. The van der Waals surface area contributed by atoms with Crippen molar-refractivity contribution in [1.82, 2.24) is 10.6 Å². The monoisotopic (exact) mass is 350 g/mol. The molecule has 0 radical (unpaired) electrons. The Kier molecular flexibility index (Phi) is 4.15. The molecule has 134 valence electrons. The third-order valence-corrected chi connectivity index (χ3v) is 5.11. The summed E-state index contributed by atoms with van der Waals surface area (Å²) in [6.07, 6.45) is 0.239. The van der Waals surface area contributed by atoms with E-state index in [4.69, 9.17) is 4.74 Å². The van der Waals surface area contributed by atoms with Gasteiger partial charge < -0.3 is 15.4 Å². The van der Waals surface area contributed by atoms with E-state index < -0.39 is 12.1 Å². The van der Waals surface area contributed by atoms with E-state index in [1.807, 2.05) is 48.5 Å². The van der Waals surface area contributed by atoms with Gasteiger partial charge in [-0.05, 0) is 28.7 Å². The van der Waals surface area contributed by atoms with Crippen LogP contribution >= 0.6 is 0 Å². The number of nitrogens with one attached hydrogen (secondary N) is 2. The number of benzene rings is 2. The Morgan fingerprint density at radius 2 is 1.69 bits per heavy atom. The van der Waals surface area contributed by atoms with Gasteiger partial charge in [0.25, 0.3) is 0 Å². The Labute approximate surface area is 152 Å². The van der Waals surface area contributed by atoms with Gasteiger partial charge in [-0.2, -0.15) is 0 Å². The molecule has 0 spiro atoms. The molecular formula is C21H22N2O3. The molecule has 1 unspecified atom stereocenters. The van der Waals surface area contributed by atoms with E-state index >= 15 is 0 Å². The van der Waals surface area contributed by atoms with Gasteiger partial charge in [-0.3, -0.25) is 9.59 Å². The Morgan fingerprint density at radius 3 is 2.38 bits per heavy atom. The molecule has 5 nitrogen and oxygen atoms in total. The normalized spacial score (nSPS) is 24.7. The molecule has 0 bridgehead atoms. The van der Waals surface area contributed by atoms with Gasteiger partial charge in [-0.25, -0.2) is 0 Å². The summed E-state index contributed by atoms with van der Waals surface area (Å²) in [6, 6.07) is 14.2. The summed E-state index contributed by atoms with van der Waals surface area (Å²) >= 11 is 0. The van der Waals surface area contributed by atoms with Crippen LogP contribution in [0.25, 0.3) is 0 Å². The first-order valence-corrected chi connectivity index (χ1v) is 8.98. The highest BCUT2D eigenvalue weighted by Crippen LogP contribution is 2.31. The van der Waals surface area contributed by atoms with Crippen LogP contribution in [0.2, 0.25) is 0 Å². The van der Waals surface area contributed by atoms with Crippen molar-refractivity contribution < 1.29 is 14.3 Å². The maximum Gasteiger partial charge on any atom is 0.247 e. The molecule has 1 saturated heterocycles. The summed E-state index contributed by atoms with van der Waals surface area (Å²) < 4.78 is 5.87. The zero-order chi connectivity index (χ0) is 18.3. The molecule has 2 aromatic rings. The molecule has 5 heteroatoms. The Hall–Kier alpha value is -2.82. The molecule has 0 saturated carbocycles. The van der Waals surface area contributed by atoms with Crippen molar-refractivity contribution in [3.63, 3.8) is 0 Å². The number of amides is 2. The van der Waals surface area contributed by atoms with Gasteiger partial charge >= 0.3 is 0 Å². The third-order valence-electron chi connectivity index (χ3n) is 5.11. The Balaban J connectivity index is 1.48. The Morgan fingerprint density at radius 1 is 0.962 bits per heavy atom. The number of hydrogen-bond acceptors (Lipinski definition) is 3. The SMILES string of the molecule is CC(C)c1ccc(C2NC(=O)[C@H]([C@@H]3Cc4ccccc4O3)NC2=O)cc1. The van der Waals surface area contributed by atoms with Gasteiger partial charge in [0.05, 0.1) is 0 Å². The maximum absolute atomic E-state index is 12.6. The lowest BCUT2D eigenvalue weighted by molar-refractivity contribution is -0.139. The van der Waals surface area contributed by atoms with Gasteiger partial charge in [0.15, 0.2) is 0 Å². The summed E-state index contributed by atoms with van der Waals surface area (Å²) in [5.74, 6) is 0.794. The largest absolute Gasteiger partial charge is 0.487 e. The highest BCUT2D eigenvalue weighted by atomic mass is 16.5. The van der Waals surface area contributed by atoms with Crippen LogP contribution in [0, 0.1) is 0 Å². The fraction of sp³-hybridized carbons (Fsp3) is 0.333. The van der Waals surface area contributed by atoms with Crippen LogP contribution in [0.15, 0.2) is 48.5 Å². The van der Waals surface area contributed by atoms with Crippen molar-refractivity contribution in [3.05, 3.63) is 65.2 Å². The van der Waals surface area contributed by atoms with Crippen molar-refractivity contribution in [2.24, 2.45) is 0 Å². The van der Waals surface area contributed by atoms with Crippen LogP contribution < -0.4 is 15.4 Å². The average molecular weight is 350 g/mol. The van der Waals surface area contributed by atoms with Gasteiger partial charge in [0.1, 0.15) is 23.9 Å². The van der Waals surface area contributed by atoms with Crippen LogP contribution in [-0.4, -0.2) is 24.0 Å². The molecule has 2 aliphatic heterocycles. The van der Waals surface area contributed by atoms with Gasteiger partial charge in [0, 0.05) is 6.42 Å². The molecular weight excluding hydrogens is 328 g/mol. The fourth-order valence-corrected chi connectivity index (χ4v) is 3.56. The molecule has 1 fully saturated rings. The highest BCUT2D eigenvalue weighted by molar-refractivity contribution is 5.98. The van der Waals surface area contributed by atoms with Gasteiger partial charge in [-0.1, -0.05) is 56.3 Å². The molecule has 2 heterocycles. The molecule has 2 aliphatic rings. The quantitative estimate of drug-likeness (QED) is 0.894.